The second kappa shape index (κ2) is 7.86. The van der Waals surface area contributed by atoms with Gasteiger partial charge in [0.2, 0.25) is 5.78 Å². The van der Waals surface area contributed by atoms with Crippen molar-refractivity contribution >= 4 is 34.0 Å². The normalized spacial score (nSPS) is 15.2. The molecule has 2 aromatic carbocycles. The summed E-state index contributed by atoms with van der Waals surface area (Å²) in [6.45, 7) is 6.35. The van der Waals surface area contributed by atoms with E-state index < -0.39 is 0 Å². The zero-order chi connectivity index (χ0) is 19.7. The van der Waals surface area contributed by atoms with E-state index in [1.165, 1.54) is 16.2 Å². The van der Waals surface area contributed by atoms with E-state index in [0.717, 1.165) is 53.4 Å². The molecule has 28 heavy (non-hydrogen) atoms. The molecular formula is C22H25ClN3O2+. The van der Waals surface area contributed by atoms with Crippen LogP contribution in [-0.2, 0) is 0 Å². The highest BCUT2D eigenvalue weighted by molar-refractivity contribution is 6.30. The number of piperazine rings is 1. The summed E-state index contributed by atoms with van der Waals surface area (Å²) in [7, 11) is 1.64. The lowest BCUT2D eigenvalue weighted by molar-refractivity contribution is -0.892. The molecule has 0 amide bonds. The first-order chi connectivity index (χ1) is 13.5. The molecule has 146 valence electrons. The van der Waals surface area contributed by atoms with Crippen LogP contribution in [0, 0.1) is 6.92 Å². The number of ether oxygens (including phenoxy) is 1. The van der Waals surface area contributed by atoms with E-state index in [2.05, 4.69) is 22.9 Å². The molecule has 1 aliphatic rings. The van der Waals surface area contributed by atoms with Gasteiger partial charge in [0.1, 0.15) is 12.3 Å². The van der Waals surface area contributed by atoms with Crippen LogP contribution in [0.3, 0.4) is 0 Å². The molecular weight excluding hydrogens is 374 g/mol. The number of hydrogen-bond acceptors (Lipinski definition) is 3. The van der Waals surface area contributed by atoms with Crippen LogP contribution in [0.2, 0.25) is 5.02 Å². The molecule has 0 bridgehead atoms. The predicted molar refractivity (Wildman–Crippen MR) is 113 cm³/mol. The molecule has 0 spiro atoms. The fourth-order valence-corrected chi connectivity index (χ4v) is 4.12. The number of aromatic nitrogens is 1. The van der Waals surface area contributed by atoms with E-state index in [-0.39, 0.29) is 5.78 Å². The number of carbonyl (C=O) groups is 1. The average Bonchev–Trinajstić information content (AvgIpc) is 3.13. The number of nitrogens with one attached hydrogen (secondary N) is 2. The van der Waals surface area contributed by atoms with Crippen LogP contribution in [0.15, 0.2) is 42.6 Å². The topological polar surface area (TPSA) is 49.8 Å². The lowest BCUT2D eigenvalue weighted by Gasteiger charge is -2.34. The van der Waals surface area contributed by atoms with Crippen LogP contribution in [-0.4, -0.2) is 50.6 Å². The Hall–Kier alpha value is -2.50. The van der Waals surface area contributed by atoms with Gasteiger partial charge in [-0.3, -0.25) is 4.79 Å². The number of fused-ring (bicyclic) bond motifs is 1. The molecule has 2 heterocycles. The minimum absolute atomic E-state index is 0.179. The molecule has 0 atom stereocenters. The van der Waals surface area contributed by atoms with E-state index in [0.29, 0.717) is 6.54 Å². The van der Waals surface area contributed by atoms with Crippen molar-refractivity contribution in [2.75, 3.05) is 44.7 Å². The fourth-order valence-electron chi connectivity index (χ4n) is 3.95. The molecule has 1 aromatic heterocycles. The van der Waals surface area contributed by atoms with Gasteiger partial charge in [-0.15, -0.1) is 0 Å². The highest BCUT2D eigenvalue weighted by Gasteiger charge is 2.25. The van der Waals surface area contributed by atoms with Crippen LogP contribution < -0.4 is 14.5 Å². The smallest absolute Gasteiger partial charge is 0.219 e. The zero-order valence-corrected chi connectivity index (χ0v) is 17.0. The highest BCUT2D eigenvalue weighted by atomic mass is 35.5. The Kier molecular flexibility index (Phi) is 5.29. The van der Waals surface area contributed by atoms with Crippen LogP contribution in [0.4, 0.5) is 5.69 Å². The molecule has 0 unspecified atom stereocenters. The largest absolute Gasteiger partial charge is 0.497 e. The maximum atomic E-state index is 12.9. The number of carbonyl (C=O) groups excluding carboxylic acids is 1. The molecule has 0 radical (unpaired) electrons. The van der Waals surface area contributed by atoms with E-state index in [1.54, 1.807) is 7.11 Å². The summed E-state index contributed by atoms with van der Waals surface area (Å²) in [5.41, 5.74) is 4.12. The molecule has 2 N–H and O–H groups in total. The van der Waals surface area contributed by atoms with E-state index in [1.807, 2.05) is 36.5 Å². The number of aromatic amines is 1. The summed E-state index contributed by atoms with van der Waals surface area (Å²) in [5, 5.41) is 1.72. The second-order valence-corrected chi connectivity index (χ2v) is 7.82. The van der Waals surface area contributed by atoms with Gasteiger partial charge < -0.3 is 19.5 Å². The Balaban J connectivity index is 1.41. The average molecular weight is 399 g/mol. The quantitative estimate of drug-likeness (QED) is 0.650. The van der Waals surface area contributed by atoms with Crippen molar-refractivity contribution in [3.05, 3.63) is 58.7 Å². The van der Waals surface area contributed by atoms with Gasteiger partial charge in [0.05, 0.1) is 33.3 Å². The van der Waals surface area contributed by atoms with Gasteiger partial charge in [0.25, 0.3) is 0 Å². The number of aryl methyl sites for hydroxylation is 1. The number of Topliss-reactive ketones (excluding diaryl/α,β-unsaturated/α-hetero) is 1. The number of ketones is 1. The van der Waals surface area contributed by atoms with Crippen molar-refractivity contribution in [3.8, 4) is 5.75 Å². The van der Waals surface area contributed by atoms with Crippen LogP contribution in [0.5, 0.6) is 5.75 Å². The van der Waals surface area contributed by atoms with E-state index >= 15 is 0 Å². The van der Waals surface area contributed by atoms with Crippen molar-refractivity contribution in [1.82, 2.24) is 4.98 Å². The number of nitrogens with zero attached hydrogens (tertiary/aromatic N) is 1. The third-order valence-electron chi connectivity index (χ3n) is 5.58. The number of halogens is 1. The molecule has 1 aliphatic heterocycles. The molecule has 0 aliphatic carbocycles. The first-order valence-corrected chi connectivity index (χ1v) is 9.96. The van der Waals surface area contributed by atoms with Crippen molar-refractivity contribution in [2.45, 2.75) is 6.92 Å². The molecule has 5 nitrogen and oxygen atoms in total. The van der Waals surface area contributed by atoms with Gasteiger partial charge in [0.15, 0.2) is 0 Å². The predicted octanol–water partition coefficient (Wildman–Crippen LogP) is 2.73. The molecule has 3 aromatic rings. The molecule has 4 rings (SSSR count). The maximum Gasteiger partial charge on any atom is 0.219 e. The minimum Gasteiger partial charge on any atom is -0.497 e. The number of benzene rings is 2. The number of methoxy groups -OCH3 is 1. The monoisotopic (exact) mass is 398 g/mol. The number of hydrogen-bond donors (Lipinski definition) is 2. The van der Waals surface area contributed by atoms with Gasteiger partial charge in [-0.2, -0.15) is 0 Å². The van der Waals surface area contributed by atoms with Crippen LogP contribution in [0.25, 0.3) is 10.9 Å². The van der Waals surface area contributed by atoms with Gasteiger partial charge in [-0.25, -0.2) is 0 Å². The summed E-state index contributed by atoms with van der Waals surface area (Å²) < 4.78 is 5.25. The zero-order valence-electron chi connectivity index (χ0n) is 16.2. The van der Waals surface area contributed by atoms with Gasteiger partial charge in [0, 0.05) is 39.4 Å². The Morgan fingerprint density at radius 3 is 2.75 bits per heavy atom. The first-order valence-electron chi connectivity index (χ1n) is 9.58. The van der Waals surface area contributed by atoms with Gasteiger partial charge >= 0.3 is 0 Å². The van der Waals surface area contributed by atoms with Gasteiger partial charge in [-0.1, -0.05) is 17.7 Å². The number of rotatable bonds is 5. The van der Waals surface area contributed by atoms with Crippen molar-refractivity contribution < 1.29 is 14.4 Å². The fraction of sp³-hybridized carbons (Fsp3) is 0.318. The maximum absolute atomic E-state index is 12.9. The summed E-state index contributed by atoms with van der Waals surface area (Å²) in [6.07, 6.45) is 1.82. The van der Waals surface area contributed by atoms with Crippen molar-refractivity contribution in [2.24, 2.45) is 0 Å². The summed E-state index contributed by atoms with van der Waals surface area (Å²) >= 11 is 6.17. The lowest BCUT2D eigenvalue weighted by atomic mass is 10.1. The molecule has 1 fully saturated rings. The summed E-state index contributed by atoms with van der Waals surface area (Å²) in [6, 6.07) is 11.8. The third kappa shape index (κ3) is 3.73. The van der Waals surface area contributed by atoms with Crippen LogP contribution >= 0.6 is 11.6 Å². The molecule has 1 saturated heterocycles. The Morgan fingerprint density at radius 2 is 2.00 bits per heavy atom. The molecule has 6 heteroatoms. The summed E-state index contributed by atoms with van der Waals surface area (Å²) in [5.74, 6) is 0.963. The number of H-pyrrole nitrogens is 1. The van der Waals surface area contributed by atoms with Crippen LogP contribution in [0.1, 0.15) is 15.9 Å². The van der Waals surface area contributed by atoms with E-state index in [9.17, 15) is 4.79 Å². The number of anilines is 1. The Labute approximate surface area is 169 Å². The Morgan fingerprint density at radius 1 is 1.21 bits per heavy atom. The van der Waals surface area contributed by atoms with E-state index in [4.69, 9.17) is 16.3 Å². The molecule has 0 saturated carbocycles. The number of quaternary nitrogens is 1. The minimum atomic E-state index is 0.179. The lowest BCUT2D eigenvalue weighted by Crippen LogP contribution is -3.15. The standard InChI is InChI=1S/C22H24ClN3O2/c1-15-3-4-16(23)11-21(15)26-9-7-25(8-10-26)14-22(27)19-13-24-20-12-17(28-2)5-6-18(19)20/h3-6,11-13,24H,7-10,14H2,1-2H3/p+1. The SMILES string of the molecule is COc1ccc2c(C(=O)C[NH+]3CCN(c4cc(Cl)ccc4C)CC3)c[nH]c2c1. The van der Waals surface area contributed by atoms with Gasteiger partial charge in [-0.05, 0) is 36.8 Å². The Bertz CT molecular complexity index is 1010. The highest BCUT2D eigenvalue weighted by Crippen LogP contribution is 2.25. The van der Waals surface area contributed by atoms with Crippen molar-refractivity contribution in [3.63, 3.8) is 0 Å². The second-order valence-electron chi connectivity index (χ2n) is 7.38. The third-order valence-corrected chi connectivity index (χ3v) is 5.82. The first kappa shape index (κ1) is 18.8. The summed E-state index contributed by atoms with van der Waals surface area (Å²) in [4.78, 5) is 19.8. The van der Waals surface area contributed by atoms with Crippen molar-refractivity contribution in [1.29, 1.82) is 0 Å².